The second-order valence-electron chi connectivity index (χ2n) is 6.93. The Labute approximate surface area is 152 Å². The number of hydrogen-bond donors (Lipinski definition) is 0. The Morgan fingerprint density at radius 1 is 1.12 bits per heavy atom. The van der Waals surface area contributed by atoms with Crippen LogP contribution in [0.25, 0.3) is 0 Å². The van der Waals surface area contributed by atoms with Crippen molar-refractivity contribution in [2.75, 3.05) is 26.2 Å². The van der Waals surface area contributed by atoms with Gasteiger partial charge in [0, 0.05) is 32.6 Å². The molecule has 2 saturated heterocycles. The molecule has 2 fully saturated rings. The quantitative estimate of drug-likeness (QED) is 0.769. The van der Waals surface area contributed by atoms with Crippen molar-refractivity contribution < 1.29 is 18.8 Å². The van der Waals surface area contributed by atoms with Crippen molar-refractivity contribution in [1.29, 1.82) is 0 Å². The van der Waals surface area contributed by atoms with Crippen molar-refractivity contribution >= 4 is 17.7 Å². The van der Waals surface area contributed by atoms with Crippen LogP contribution in [0.5, 0.6) is 0 Å². The van der Waals surface area contributed by atoms with Gasteiger partial charge in [-0.1, -0.05) is 12.1 Å². The maximum atomic E-state index is 13.3. The number of hydrogen-bond acceptors (Lipinski definition) is 3. The lowest BCUT2D eigenvalue weighted by molar-refractivity contribution is -0.155. The van der Waals surface area contributed by atoms with Gasteiger partial charge in [0.25, 0.3) is 0 Å². The van der Waals surface area contributed by atoms with E-state index in [-0.39, 0.29) is 36.6 Å². The Balaban J connectivity index is 1.55. The minimum absolute atomic E-state index is 0.0342. The highest BCUT2D eigenvalue weighted by molar-refractivity contribution is 5.94. The fraction of sp³-hybridized carbons (Fsp3) is 0.526. The molecule has 1 aromatic rings. The van der Waals surface area contributed by atoms with Gasteiger partial charge in [-0.05, 0) is 37.5 Å². The summed E-state index contributed by atoms with van der Waals surface area (Å²) < 4.78 is 13.3. The second kappa shape index (κ2) is 7.85. The van der Waals surface area contributed by atoms with Gasteiger partial charge < -0.3 is 14.7 Å². The topological polar surface area (TPSA) is 60.9 Å². The first kappa shape index (κ1) is 18.4. The van der Waals surface area contributed by atoms with Gasteiger partial charge in [0.1, 0.15) is 11.9 Å². The largest absolute Gasteiger partial charge is 0.343 e. The number of carbonyl (C=O) groups is 3. The van der Waals surface area contributed by atoms with Gasteiger partial charge in [-0.25, -0.2) is 4.39 Å². The second-order valence-corrected chi connectivity index (χ2v) is 6.93. The van der Waals surface area contributed by atoms with Crippen LogP contribution < -0.4 is 0 Å². The summed E-state index contributed by atoms with van der Waals surface area (Å²) in [7, 11) is 0. The Morgan fingerprint density at radius 2 is 1.88 bits per heavy atom. The number of rotatable bonds is 6. The summed E-state index contributed by atoms with van der Waals surface area (Å²) in [6.07, 6.45) is 2.17. The molecular formula is C19H24FN3O3. The lowest BCUT2D eigenvalue weighted by Crippen LogP contribution is -2.58. The summed E-state index contributed by atoms with van der Waals surface area (Å²) in [5.41, 5.74) is 0.666. The first-order valence-corrected chi connectivity index (χ1v) is 9.06. The normalized spacial score (nSPS) is 21.1. The average Bonchev–Trinajstić information content (AvgIpc) is 3.01. The van der Waals surface area contributed by atoms with Crippen LogP contribution in [-0.4, -0.2) is 64.6 Å². The van der Waals surface area contributed by atoms with Gasteiger partial charge in [0.15, 0.2) is 0 Å². The SMILES string of the molecule is C[C@H]1C(=O)N(CCCN2CCCC2=O)CC(=O)N1Cc1cccc(F)c1. The molecule has 0 saturated carbocycles. The van der Waals surface area contributed by atoms with E-state index in [1.807, 2.05) is 4.90 Å². The molecule has 3 amide bonds. The maximum Gasteiger partial charge on any atom is 0.245 e. The van der Waals surface area contributed by atoms with Crippen LogP contribution in [0.2, 0.25) is 0 Å². The average molecular weight is 361 g/mol. The van der Waals surface area contributed by atoms with Crippen LogP contribution in [0, 0.1) is 5.82 Å². The monoisotopic (exact) mass is 361 g/mol. The number of amides is 3. The van der Waals surface area contributed by atoms with Crippen molar-refractivity contribution in [2.24, 2.45) is 0 Å². The van der Waals surface area contributed by atoms with E-state index in [2.05, 4.69) is 0 Å². The van der Waals surface area contributed by atoms with Crippen LogP contribution in [0.3, 0.4) is 0 Å². The predicted molar refractivity (Wildman–Crippen MR) is 93.4 cm³/mol. The molecule has 3 rings (SSSR count). The maximum absolute atomic E-state index is 13.3. The van der Waals surface area contributed by atoms with E-state index in [0.717, 1.165) is 13.0 Å². The van der Waals surface area contributed by atoms with Gasteiger partial charge in [0.05, 0.1) is 6.54 Å². The number of benzene rings is 1. The van der Waals surface area contributed by atoms with Gasteiger partial charge >= 0.3 is 0 Å². The number of piperazine rings is 1. The van der Waals surface area contributed by atoms with Crippen molar-refractivity contribution in [1.82, 2.24) is 14.7 Å². The standard InChI is InChI=1S/C19H24FN3O3/c1-14-19(26)22(10-4-9-21-8-3-7-17(21)24)13-18(25)23(14)12-15-5-2-6-16(20)11-15/h2,5-6,11,14H,3-4,7-10,12-13H2,1H3/t14-/m0/s1. The minimum Gasteiger partial charge on any atom is -0.343 e. The van der Waals surface area contributed by atoms with Crippen molar-refractivity contribution in [3.05, 3.63) is 35.6 Å². The molecule has 0 aliphatic carbocycles. The highest BCUT2D eigenvalue weighted by Crippen LogP contribution is 2.18. The number of nitrogens with zero attached hydrogens (tertiary/aromatic N) is 3. The Hall–Kier alpha value is -2.44. The lowest BCUT2D eigenvalue weighted by Gasteiger charge is -2.39. The molecular weight excluding hydrogens is 337 g/mol. The predicted octanol–water partition coefficient (Wildman–Crippen LogP) is 1.40. The number of likely N-dealkylation sites (tertiary alicyclic amines) is 1. The third kappa shape index (κ3) is 4.03. The molecule has 0 radical (unpaired) electrons. The highest BCUT2D eigenvalue weighted by Gasteiger charge is 2.36. The van der Waals surface area contributed by atoms with E-state index in [9.17, 15) is 18.8 Å². The van der Waals surface area contributed by atoms with Crippen LogP contribution in [-0.2, 0) is 20.9 Å². The van der Waals surface area contributed by atoms with Crippen molar-refractivity contribution in [3.63, 3.8) is 0 Å². The Kier molecular flexibility index (Phi) is 5.54. The van der Waals surface area contributed by atoms with Gasteiger partial charge in [-0.2, -0.15) is 0 Å². The molecule has 7 heteroatoms. The fourth-order valence-electron chi connectivity index (χ4n) is 3.58. The van der Waals surface area contributed by atoms with Crippen LogP contribution in [0.15, 0.2) is 24.3 Å². The highest BCUT2D eigenvalue weighted by atomic mass is 19.1. The third-order valence-electron chi connectivity index (χ3n) is 5.05. The number of carbonyl (C=O) groups excluding carboxylic acids is 3. The molecule has 6 nitrogen and oxygen atoms in total. The van der Waals surface area contributed by atoms with E-state index in [0.29, 0.717) is 31.5 Å². The van der Waals surface area contributed by atoms with Crippen molar-refractivity contribution in [3.8, 4) is 0 Å². The fourth-order valence-corrected chi connectivity index (χ4v) is 3.58. The van der Waals surface area contributed by atoms with Crippen LogP contribution in [0.1, 0.15) is 31.7 Å². The molecule has 140 valence electrons. The summed E-state index contributed by atoms with van der Waals surface area (Å²) in [6, 6.07) is 5.49. The molecule has 1 atom stereocenters. The smallest absolute Gasteiger partial charge is 0.245 e. The molecule has 1 aromatic carbocycles. The zero-order valence-corrected chi connectivity index (χ0v) is 15.0. The van der Waals surface area contributed by atoms with E-state index < -0.39 is 6.04 Å². The van der Waals surface area contributed by atoms with E-state index in [4.69, 9.17) is 0 Å². The van der Waals surface area contributed by atoms with Gasteiger partial charge in [-0.15, -0.1) is 0 Å². The van der Waals surface area contributed by atoms with Crippen LogP contribution >= 0.6 is 0 Å². The molecule has 2 aliphatic rings. The van der Waals surface area contributed by atoms with E-state index in [1.165, 1.54) is 17.0 Å². The third-order valence-corrected chi connectivity index (χ3v) is 5.05. The minimum atomic E-state index is -0.576. The summed E-state index contributed by atoms with van der Waals surface area (Å²) >= 11 is 0. The first-order chi connectivity index (χ1) is 12.5. The molecule has 0 bridgehead atoms. The van der Waals surface area contributed by atoms with Crippen LogP contribution in [0.4, 0.5) is 4.39 Å². The first-order valence-electron chi connectivity index (χ1n) is 9.06. The Bertz CT molecular complexity index is 709. The molecule has 26 heavy (non-hydrogen) atoms. The number of halogens is 1. The summed E-state index contributed by atoms with van der Waals surface area (Å²) in [5.74, 6) is -0.433. The molecule has 2 aliphatic heterocycles. The summed E-state index contributed by atoms with van der Waals surface area (Å²) in [4.78, 5) is 41.6. The zero-order chi connectivity index (χ0) is 18.7. The van der Waals surface area contributed by atoms with Gasteiger partial charge in [0.2, 0.25) is 17.7 Å². The molecule has 2 heterocycles. The Morgan fingerprint density at radius 3 is 2.58 bits per heavy atom. The molecule has 0 spiro atoms. The molecule has 0 unspecified atom stereocenters. The zero-order valence-electron chi connectivity index (χ0n) is 15.0. The molecule has 0 aromatic heterocycles. The molecule has 0 N–H and O–H groups in total. The van der Waals surface area contributed by atoms with Crippen molar-refractivity contribution in [2.45, 2.75) is 38.8 Å². The van der Waals surface area contributed by atoms with Gasteiger partial charge in [-0.3, -0.25) is 14.4 Å². The van der Waals surface area contributed by atoms with E-state index in [1.54, 1.807) is 24.0 Å². The lowest BCUT2D eigenvalue weighted by atomic mass is 10.1. The summed E-state index contributed by atoms with van der Waals surface area (Å²) in [6.45, 7) is 3.83. The summed E-state index contributed by atoms with van der Waals surface area (Å²) in [5, 5.41) is 0. The van der Waals surface area contributed by atoms with E-state index >= 15 is 0 Å².